The lowest BCUT2D eigenvalue weighted by atomic mass is 10.1. The molecule has 0 aliphatic carbocycles. The number of sulfone groups is 1. The minimum absolute atomic E-state index is 0.0440. The van der Waals surface area contributed by atoms with Gasteiger partial charge in [0.25, 0.3) is 5.91 Å². The second-order valence-corrected chi connectivity index (χ2v) is 11.7. The van der Waals surface area contributed by atoms with Crippen LogP contribution >= 0.6 is 7.60 Å². The first-order valence-electron chi connectivity index (χ1n) is 9.61. The van der Waals surface area contributed by atoms with Gasteiger partial charge in [-0.25, -0.2) is 18.4 Å². The number of nitrogens with one attached hydrogen (secondary N) is 1. The zero-order chi connectivity index (χ0) is 24.2. The summed E-state index contributed by atoms with van der Waals surface area (Å²) in [5, 5.41) is 2.62. The Balaban J connectivity index is 1.79. The number of aromatic nitrogens is 2. The summed E-state index contributed by atoms with van der Waals surface area (Å²) in [6.07, 6.45) is 1.48. The number of carbonyl (C=O) groups excluding carboxylic acids is 1. The fourth-order valence-electron chi connectivity index (χ4n) is 2.83. The highest BCUT2D eigenvalue weighted by atomic mass is 32.2. The molecule has 1 amide bonds. The van der Waals surface area contributed by atoms with Gasteiger partial charge in [-0.3, -0.25) is 9.36 Å². The summed E-state index contributed by atoms with van der Waals surface area (Å²) < 4.78 is 46.6. The number of hydrogen-bond acceptors (Lipinski definition) is 9. The van der Waals surface area contributed by atoms with Crippen molar-refractivity contribution in [2.45, 2.75) is 11.8 Å². The maximum Gasteiger partial charge on any atom is 0.345 e. The molecule has 33 heavy (non-hydrogen) atoms. The predicted octanol–water partition coefficient (Wildman–Crippen LogP) is 3.50. The largest absolute Gasteiger partial charge is 0.382 e. The maximum absolute atomic E-state index is 12.7. The molecule has 0 aliphatic heterocycles. The van der Waals surface area contributed by atoms with Gasteiger partial charge >= 0.3 is 7.60 Å². The predicted molar refractivity (Wildman–Crippen MR) is 125 cm³/mol. The molecule has 3 N–H and O–H groups in total. The summed E-state index contributed by atoms with van der Waals surface area (Å²) in [4.78, 5) is 21.0. The smallest absolute Gasteiger partial charge is 0.345 e. The standard InChI is InChI=1S/C21H23N4O6PS/c1-14-4-6-15(7-5-14)18-12-23-20(22)19(25-18)21(26)24-16-8-10-17(11-9-16)33(28,29)13-32(27,30-2)31-3/h4-12H,13H2,1-3H3,(H2,22,23)(H,24,26). The lowest BCUT2D eigenvalue weighted by molar-refractivity contribution is 0.102. The van der Waals surface area contributed by atoms with E-state index in [2.05, 4.69) is 15.3 Å². The first kappa shape index (κ1) is 24.5. The number of aryl methyl sites for hydroxylation is 1. The Morgan fingerprint density at radius 3 is 2.24 bits per heavy atom. The number of nitrogens with zero attached hydrogens (tertiary/aromatic N) is 2. The second-order valence-electron chi connectivity index (χ2n) is 7.05. The zero-order valence-corrected chi connectivity index (χ0v) is 19.9. The summed E-state index contributed by atoms with van der Waals surface area (Å²) in [6.45, 7) is 1.96. The van der Waals surface area contributed by atoms with E-state index in [-0.39, 0.29) is 16.4 Å². The van der Waals surface area contributed by atoms with Crippen LogP contribution in [0.4, 0.5) is 11.5 Å². The third-order valence-corrected chi connectivity index (χ3v) is 9.45. The lowest BCUT2D eigenvalue weighted by Crippen LogP contribution is -2.17. The number of nitrogens with two attached hydrogens (primary N) is 1. The van der Waals surface area contributed by atoms with Gasteiger partial charge in [-0.15, -0.1) is 0 Å². The second kappa shape index (κ2) is 9.80. The Labute approximate surface area is 191 Å². The fraction of sp³-hybridized carbons (Fsp3) is 0.190. The first-order valence-corrected chi connectivity index (χ1v) is 13.0. The van der Waals surface area contributed by atoms with E-state index in [0.29, 0.717) is 11.4 Å². The highest BCUT2D eigenvalue weighted by molar-refractivity contribution is 7.97. The molecule has 1 aromatic heterocycles. The molecule has 3 rings (SSSR count). The molecule has 0 saturated carbocycles. The van der Waals surface area contributed by atoms with Gasteiger partial charge in [0.1, 0.15) is 0 Å². The molecule has 12 heteroatoms. The van der Waals surface area contributed by atoms with Crippen LogP contribution in [0.25, 0.3) is 11.3 Å². The van der Waals surface area contributed by atoms with Crippen LogP contribution in [-0.2, 0) is 23.4 Å². The van der Waals surface area contributed by atoms with E-state index < -0.39 is 28.8 Å². The van der Waals surface area contributed by atoms with Gasteiger partial charge in [-0.1, -0.05) is 29.8 Å². The van der Waals surface area contributed by atoms with Crippen molar-refractivity contribution in [1.82, 2.24) is 9.97 Å². The van der Waals surface area contributed by atoms with Crippen LogP contribution in [0.5, 0.6) is 0 Å². The number of anilines is 2. The molecule has 0 unspecified atom stereocenters. The number of hydrogen-bond donors (Lipinski definition) is 2. The van der Waals surface area contributed by atoms with Gasteiger partial charge in [0.05, 0.1) is 16.8 Å². The average molecular weight is 490 g/mol. The van der Waals surface area contributed by atoms with Crippen molar-refractivity contribution in [2.24, 2.45) is 0 Å². The number of amides is 1. The Hall–Kier alpha value is -3.11. The number of rotatable bonds is 8. The van der Waals surface area contributed by atoms with Crippen molar-refractivity contribution in [3.63, 3.8) is 0 Å². The van der Waals surface area contributed by atoms with Crippen LogP contribution in [0.15, 0.2) is 59.6 Å². The third kappa shape index (κ3) is 5.82. The molecule has 0 aliphatic rings. The molecule has 174 valence electrons. The molecule has 3 aromatic rings. The lowest BCUT2D eigenvalue weighted by Gasteiger charge is -2.14. The normalized spacial score (nSPS) is 11.8. The van der Waals surface area contributed by atoms with Gasteiger partial charge in [-0.05, 0) is 31.2 Å². The molecule has 1 heterocycles. The molecule has 0 saturated heterocycles. The van der Waals surface area contributed by atoms with Crippen LogP contribution in [-0.4, -0.2) is 44.0 Å². The van der Waals surface area contributed by atoms with Gasteiger partial charge < -0.3 is 20.1 Å². The van der Waals surface area contributed by atoms with Crippen LogP contribution in [0, 0.1) is 6.92 Å². The minimum atomic E-state index is -3.95. The molecular formula is C21H23N4O6PS. The molecular weight excluding hydrogens is 467 g/mol. The van der Waals surface area contributed by atoms with E-state index in [1.54, 1.807) is 0 Å². The highest BCUT2D eigenvalue weighted by Crippen LogP contribution is 2.48. The Kier molecular flexibility index (Phi) is 7.28. The van der Waals surface area contributed by atoms with Crippen molar-refractivity contribution >= 4 is 34.8 Å². The minimum Gasteiger partial charge on any atom is -0.382 e. The van der Waals surface area contributed by atoms with Crippen molar-refractivity contribution in [1.29, 1.82) is 0 Å². The molecule has 0 atom stereocenters. The molecule has 0 spiro atoms. The van der Waals surface area contributed by atoms with E-state index in [1.165, 1.54) is 30.5 Å². The fourth-order valence-corrected chi connectivity index (χ4v) is 6.63. The summed E-state index contributed by atoms with van der Waals surface area (Å²) >= 11 is 0. The van der Waals surface area contributed by atoms with Crippen molar-refractivity contribution in [3.05, 3.63) is 66.0 Å². The molecule has 2 aromatic carbocycles. The Morgan fingerprint density at radius 2 is 1.67 bits per heavy atom. The van der Waals surface area contributed by atoms with Crippen LogP contribution < -0.4 is 11.1 Å². The van der Waals surface area contributed by atoms with Crippen molar-refractivity contribution < 1.29 is 26.8 Å². The van der Waals surface area contributed by atoms with E-state index >= 15 is 0 Å². The highest BCUT2D eigenvalue weighted by Gasteiger charge is 2.31. The van der Waals surface area contributed by atoms with Gasteiger partial charge in [0.2, 0.25) is 0 Å². The Morgan fingerprint density at radius 1 is 1.06 bits per heavy atom. The topological polar surface area (TPSA) is 151 Å². The number of nitrogen functional groups attached to an aromatic ring is 1. The van der Waals surface area contributed by atoms with Crippen LogP contribution in [0.3, 0.4) is 0 Å². The maximum atomic E-state index is 12.7. The third-order valence-electron chi connectivity index (χ3n) is 4.72. The summed E-state index contributed by atoms with van der Waals surface area (Å²) in [5.74, 6) is -0.648. The summed E-state index contributed by atoms with van der Waals surface area (Å²) in [7, 11) is -5.50. The Bertz CT molecular complexity index is 1300. The molecule has 0 fully saturated rings. The first-order chi connectivity index (χ1) is 15.6. The monoisotopic (exact) mass is 490 g/mol. The quantitative estimate of drug-likeness (QED) is 0.452. The molecule has 0 bridgehead atoms. The van der Waals surface area contributed by atoms with Crippen LogP contribution in [0.2, 0.25) is 0 Å². The number of carbonyl (C=O) groups is 1. The van der Waals surface area contributed by atoms with Gasteiger partial charge in [-0.2, -0.15) is 0 Å². The van der Waals surface area contributed by atoms with Gasteiger partial charge in [0.15, 0.2) is 26.8 Å². The van der Waals surface area contributed by atoms with Crippen molar-refractivity contribution in [2.75, 3.05) is 30.8 Å². The van der Waals surface area contributed by atoms with E-state index in [1.807, 2.05) is 31.2 Å². The van der Waals surface area contributed by atoms with E-state index in [9.17, 15) is 17.8 Å². The summed E-state index contributed by atoms with van der Waals surface area (Å²) in [5.41, 5.74) is 7.63. The molecule has 0 radical (unpaired) electrons. The molecule has 10 nitrogen and oxygen atoms in total. The van der Waals surface area contributed by atoms with Crippen molar-refractivity contribution in [3.8, 4) is 11.3 Å². The van der Waals surface area contributed by atoms with E-state index in [4.69, 9.17) is 14.8 Å². The van der Waals surface area contributed by atoms with E-state index in [0.717, 1.165) is 25.3 Å². The van der Waals surface area contributed by atoms with Gasteiger partial charge in [0, 0.05) is 25.5 Å². The zero-order valence-electron chi connectivity index (χ0n) is 18.2. The van der Waals surface area contributed by atoms with Crippen LogP contribution in [0.1, 0.15) is 16.1 Å². The SMILES string of the molecule is COP(=O)(CS(=O)(=O)c1ccc(NC(=O)c2nc(-c3ccc(C)cc3)cnc2N)cc1)OC. The number of benzene rings is 2. The summed E-state index contributed by atoms with van der Waals surface area (Å²) in [6, 6.07) is 12.9. The average Bonchev–Trinajstić information content (AvgIpc) is 2.80.